The van der Waals surface area contributed by atoms with E-state index in [1.807, 2.05) is 18.2 Å². The Morgan fingerprint density at radius 3 is 2.81 bits per heavy atom. The highest BCUT2D eigenvalue weighted by molar-refractivity contribution is 5.90. The number of fused-ring (bicyclic) bond motifs is 1. The number of hydrogen-bond acceptors (Lipinski definition) is 5. The van der Waals surface area contributed by atoms with Gasteiger partial charge in [0.25, 0.3) is 0 Å². The number of para-hydroxylation sites is 1. The summed E-state index contributed by atoms with van der Waals surface area (Å²) in [5, 5.41) is 1.05. The third kappa shape index (κ3) is 2.93. The summed E-state index contributed by atoms with van der Waals surface area (Å²) < 4.78 is 5.27. The van der Waals surface area contributed by atoms with Gasteiger partial charge in [-0.05, 0) is 37.8 Å². The molecule has 2 N–H and O–H groups in total. The number of methoxy groups -OCH3 is 1. The molecule has 1 heterocycles. The fourth-order valence-corrected chi connectivity index (χ4v) is 2.82. The van der Waals surface area contributed by atoms with Gasteiger partial charge in [0.15, 0.2) is 0 Å². The van der Waals surface area contributed by atoms with Gasteiger partial charge in [-0.3, -0.25) is 0 Å². The Balaban J connectivity index is 2.04. The quantitative estimate of drug-likeness (QED) is 0.883. The van der Waals surface area contributed by atoms with E-state index in [1.54, 1.807) is 7.11 Å². The molecule has 1 fully saturated rings. The topological polar surface area (TPSA) is 64.3 Å². The summed E-state index contributed by atoms with van der Waals surface area (Å²) in [7, 11) is 1.73. The first kappa shape index (κ1) is 14.1. The van der Waals surface area contributed by atoms with Gasteiger partial charge in [-0.1, -0.05) is 12.1 Å². The summed E-state index contributed by atoms with van der Waals surface area (Å²) in [6, 6.07) is 8.47. The van der Waals surface area contributed by atoms with Crippen molar-refractivity contribution in [3.63, 3.8) is 0 Å². The van der Waals surface area contributed by atoms with Crippen molar-refractivity contribution in [1.82, 2.24) is 9.97 Å². The molecule has 0 aliphatic heterocycles. The summed E-state index contributed by atoms with van der Waals surface area (Å²) in [6.45, 7) is 3.75. The van der Waals surface area contributed by atoms with Gasteiger partial charge in [-0.25, -0.2) is 4.98 Å². The molecule has 5 heteroatoms. The third-order valence-electron chi connectivity index (χ3n) is 4.20. The molecule has 1 unspecified atom stereocenters. The molecule has 21 heavy (non-hydrogen) atoms. The Morgan fingerprint density at radius 1 is 1.33 bits per heavy atom. The van der Waals surface area contributed by atoms with Crippen molar-refractivity contribution in [3.8, 4) is 0 Å². The zero-order chi connectivity index (χ0) is 14.8. The molecule has 1 aliphatic carbocycles. The van der Waals surface area contributed by atoms with Gasteiger partial charge in [-0.2, -0.15) is 4.98 Å². The molecule has 1 saturated carbocycles. The van der Waals surface area contributed by atoms with E-state index in [4.69, 9.17) is 10.5 Å². The van der Waals surface area contributed by atoms with E-state index in [0.717, 1.165) is 29.2 Å². The Morgan fingerprint density at radius 2 is 2.10 bits per heavy atom. The summed E-state index contributed by atoms with van der Waals surface area (Å²) in [4.78, 5) is 11.2. The maximum Gasteiger partial charge on any atom is 0.222 e. The number of ether oxygens (including phenoxy) is 1. The van der Waals surface area contributed by atoms with Crippen LogP contribution in [0.3, 0.4) is 0 Å². The minimum absolute atomic E-state index is 0.328. The molecule has 1 aromatic carbocycles. The molecule has 3 rings (SSSR count). The Kier molecular flexibility index (Phi) is 3.92. The van der Waals surface area contributed by atoms with Crippen LogP contribution in [-0.4, -0.2) is 36.3 Å². The molecule has 2 aromatic rings. The van der Waals surface area contributed by atoms with Crippen molar-refractivity contribution in [2.45, 2.75) is 25.8 Å². The Hall–Kier alpha value is -1.88. The lowest BCUT2D eigenvalue weighted by atomic mass is 10.1. The molecule has 0 radical (unpaired) electrons. The molecule has 0 saturated heterocycles. The van der Waals surface area contributed by atoms with E-state index < -0.39 is 0 Å². The van der Waals surface area contributed by atoms with Crippen molar-refractivity contribution >= 4 is 22.7 Å². The summed E-state index contributed by atoms with van der Waals surface area (Å²) in [6.07, 6.45) is 2.59. The molecule has 5 nitrogen and oxygen atoms in total. The first-order valence-electron chi connectivity index (χ1n) is 7.48. The third-order valence-corrected chi connectivity index (χ3v) is 4.20. The lowest BCUT2D eigenvalue weighted by Gasteiger charge is -2.31. The van der Waals surface area contributed by atoms with E-state index in [2.05, 4.69) is 27.9 Å². The highest BCUT2D eigenvalue weighted by atomic mass is 16.5. The molecule has 0 bridgehead atoms. The monoisotopic (exact) mass is 286 g/mol. The second-order valence-electron chi connectivity index (χ2n) is 5.69. The number of hydrogen-bond donors (Lipinski definition) is 1. The van der Waals surface area contributed by atoms with Crippen molar-refractivity contribution in [1.29, 1.82) is 0 Å². The van der Waals surface area contributed by atoms with Gasteiger partial charge >= 0.3 is 0 Å². The van der Waals surface area contributed by atoms with E-state index in [-0.39, 0.29) is 0 Å². The highest BCUT2D eigenvalue weighted by Crippen LogP contribution is 2.37. The van der Waals surface area contributed by atoms with Crippen molar-refractivity contribution in [2.24, 2.45) is 5.92 Å². The van der Waals surface area contributed by atoms with Gasteiger partial charge in [0.05, 0.1) is 12.1 Å². The second-order valence-corrected chi connectivity index (χ2v) is 5.69. The smallest absolute Gasteiger partial charge is 0.222 e. The fraction of sp³-hybridized carbons (Fsp3) is 0.500. The lowest BCUT2D eigenvalue weighted by Crippen LogP contribution is -2.38. The number of rotatable bonds is 6. The van der Waals surface area contributed by atoms with Crippen LogP contribution in [0.2, 0.25) is 0 Å². The largest absolute Gasteiger partial charge is 0.383 e. The van der Waals surface area contributed by atoms with Crippen molar-refractivity contribution < 1.29 is 4.74 Å². The summed E-state index contributed by atoms with van der Waals surface area (Å²) >= 11 is 0. The van der Waals surface area contributed by atoms with Crippen LogP contribution in [0.15, 0.2) is 24.3 Å². The highest BCUT2D eigenvalue weighted by Gasteiger charge is 2.33. The number of anilines is 2. The van der Waals surface area contributed by atoms with E-state index in [9.17, 15) is 0 Å². The van der Waals surface area contributed by atoms with Gasteiger partial charge in [0, 0.05) is 25.1 Å². The van der Waals surface area contributed by atoms with Crippen LogP contribution >= 0.6 is 0 Å². The van der Waals surface area contributed by atoms with Crippen molar-refractivity contribution in [2.75, 3.05) is 30.9 Å². The first-order valence-corrected chi connectivity index (χ1v) is 7.48. The molecular formula is C16H22N4O. The maximum atomic E-state index is 5.90. The van der Waals surface area contributed by atoms with E-state index in [0.29, 0.717) is 18.6 Å². The van der Waals surface area contributed by atoms with Crippen LogP contribution in [0.4, 0.5) is 11.8 Å². The number of aromatic nitrogens is 2. The lowest BCUT2D eigenvalue weighted by molar-refractivity contribution is 0.202. The molecular weight excluding hydrogens is 264 g/mol. The number of benzene rings is 1. The number of nitrogens with zero attached hydrogens (tertiary/aromatic N) is 3. The van der Waals surface area contributed by atoms with E-state index in [1.165, 1.54) is 12.8 Å². The van der Waals surface area contributed by atoms with Crippen LogP contribution in [0.1, 0.15) is 19.8 Å². The van der Waals surface area contributed by atoms with Gasteiger partial charge in [0.2, 0.25) is 5.95 Å². The Bertz CT molecular complexity index is 627. The maximum absolute atomic E-state index is 5.90. The average molecular weight is 286 g/mol. The van der Waals surface area contributed by atoms with Crippen LogP contribution in [-0.2, 0) is 4.74 Å². The fourth-order valence-electron chi connectivity index (χ4n) is 2.82. The minimum Gasteiger partial charge on any atom is -0.383 e. The van der Waals surface area contributed by atoms with E-state index >= 15 is 0 Å². The van der Waals surface area contributed by atoms with Crippen molar-refractivity contribution in [3.05, 3.63) is 24.3 Å². The van der Waals surface area contributed by atoms with Crippen LogP contribution < -0.4 is 10.6 Å². The molecule has 0 amide bonds. The van der Waals surface area contributed by atoms with Gasteiger partial charge < -0.3 is 15.4 Å². The predicted octanol–water partition coefficient (Wildman–Crippen LogP) is 2.46. The van der Waals surface area contributed by atoms with Crippen LogP contribution in [0, 0.1) is 5.92 Å². The molecule has 1 aliphatic rings. The second kappa shape index (κ2) is 5.85. The normalized spacial score (nSPS) is 16.1. The number of nitrogen functional groups attached to an aromatic ring is 1. The molecule has 1 atom stereocenters. The number of nitrogens with two attached hydrogens (primary N) is 1. The standard InChI is InChI=1S/C16H22N4O/c1-11(12-7-8-12)20(9-10-21-2)15-13-5-3-4-6-14(13)18-16(17)19-15/h3-6,11-12H,7-10H2,1-2H3,(H2,17,18,19). The van der Waals surface area contributed by atoms with Crippen LogP contribution in [0.25, 0.3) is 10.9 Å². The summed E-state index contributed by atoms with van der Waals surface area (Å²) in [5.74, 6) is 2.00. The van der Waals surface area contributed by atoms with Gasteiger partial charge in [-0.15, -0.1) is 0 Å². The summed E-state index contributed by atoms with van der Waals surface area (Å²) in [5.41, 5.74) is 6.80. The molecule has 0 spiro atoms. The minimum atomic E-state index is 0.328. The SMILES string of the molecule is COCCN(c1nc(N)nc2ccccc12)C(C)C1CC1. The van der Waals surface area contributed by atoms with Gasteiger partial charge in [0.1, 0.15) is 5.82 Å². The molecule has 112 valence electrons. The predicted molar refractivity (Wildman–Crippen MR) is 85.4 cm³/mol. The zero-order valence-electron chi connectivity index (χ0n) is 12.6. The molecule has 1 aromatic heterocycles. The van der Waals surface area contributed by atoms with Crippen LogP contribution in [0.5, 0.6) is 0 Å². The first-order chi connectivity index (χ1) is 10.2. The zero-order valence-corrected chi connectivity index (χ0v) is 12.6. The Labute approximate surface area is 125 Å². The average Bonchev–Trinajstić information content (AvgIpc) is 3.31.